The first-order valence-electron chi connectivity index (χ1n) is 8.01. The Labute approximate surface area is 144 Å². The second-order valence-corrected chi connectivity index (χ2v) is 6.07. The molecule has 1 saturated carbocycles. The molecule has 1 aromatic carbocycles. The summed E-state index contributed by atoms with van der Waals surface area (Å²) in [5.41, 5.74) is 0.359. The summed E-state index contributed by atoms with van der Waals surface area (Å²) in [5, 5.41) is 14.4. The lowest BCUT2D eigenvalue weighted by molar-refractivity contribution is -0.142. The van der Waals surface area contributed by atoms with Crippen LogP contribution in [0.1, 0.15) is 41.6 Å². The Morgan fingerprint density at radius 2 is 1.84 bits per heavy atom. The van der Waals surface area contributed by atoms with Gasteiger partial charge in [-0.3, -0.25) is 4.79 Å². The largest absolute Gasteiger partial charge is 0.481 e. The second kappa shape index (κ2) is 7.96. The van der Waals surface area contributed by atoms with Crippen molar-refractivity contribution in [2.24, 2.45) is 5.92 Å². The average molecular weight is 352 g/mol. The highest BCUT2D eigenvalue weighted by atomic mass is 19.1. The minimum Gasteiger partial charge on any atom is -0.481 e. The van der Waals surface area contributed by atoms with Crippen molar-refractivity contribution in [1.82, 2.24) is 5.32 Å². The Hall–Kier alpha value is -2.64. The summed E-state index contributed by atoms with van der Waals surface area (Å²) in [6.45, 7) is 1.52. The van der Waals surface area contributed by atoms with Crippen molar-refractivity contribution in [3.63, 3.8) is 0 Å². The molecule has 0 atom stereocenters. The molecule has 0 bridgehead atoms. The Morgan fingerprint density at radius 3 is 2.40 bits per heavy atom. The van der Waals surface area contributed by atoms with E-state index in [4.69, 9.17) is 5.11 Å². The highest BCUT2D eigenvalue weighted by Crippen LogP contribution is 2.25. The lowest BCUT2D eigenvalue weighted by atomic mass is 9.86. The van der Waals surface area contributed by atoms with E-state index in [0.717, 1.165) is 13.2 Å². The number of carbonyl (C=O) groups is 3. The van der Waals surface area contributed by atoms with E-state index in [-0.39, 0.29) is 23.1 Å². The van der Waals surface area contributed by atoms with Crippen LogP contribution >= 0.6 is 0 Å². The molecule has 0 radical (unpaired) electrons. The zero-order chi connectivity index (χ0) is 18.6. The number of nitrogens with one attached hydrogen (secondary N) is 2. The van der Waals surface area contributed by atoms with Gasteiger partial charge in [-0.25, -0.2) is 14.0 Å². The van der Waals surface area contributed by atoms with Crippen molar-refractivity contribution < 1.29 is 28.6 Å². The Kier molecular flexibility index (Phi) is 5.95. The number of aliphatic carboxylic acids is 1. The fourth-order valence-corrected chi connectivity index (χ4v) is 3.00. The highest BCUT2D eigenvalue weighted by Gasteiger charge is 2.27. The van der Waals surface area contributed by atoms with Crippen LogP contribution in [0.4, 0.5) is 14.9 Å². The number of amides is 2. The molecule has 25 heavy (non-hydrogen) atoms. The molecule has 1 aliphatic rings. The van der Waals surface area contributed by atoms with Crippen molar-refractivity contribution in [3.8, 4) is 0 Å². The van der Waals surface area contributed by atoms with Crippen LogP contribution in [0.3, 0.4) is 0 Å². The predicted octanol–water partition coefficient (Wildman–Crippen LogP) is 2.69. The molecule has 0 heterocycles. The van der Waals surface area contributed by atoms with E-state index in [2.05, 4.69) is 15.4 Å². The van der Waals surface area contributed by atoms with Crippen LogP contribution in [-0.4, -0.2) is 36.2 Å². The van der Waals surface area contributed by atoms with E-state index in [1.165, 1.54) is 13.0 Å². The molecule has 7 nitrogen and oxygen atoms in total. The SMILES string of the molecule is COC(=O)c1c(F)ccc(NC(=O)NC2CCC(C(=O)O)CC2)c1C. The maximum atomic E-state index is 13.8. The normalized spacial score (nSPS) is 19.8. The minimum absolute atomic E-state index is 0.114. The van der Waals surface area contributed by atoms with E-state index in [1.807, 2.05) is 0 Å². The van der Waals surface area contributed by atoms with Gasteiger partial charge in [0.15, 0.2) is 0 Å². The topological polar surface area (TPSA) is 105 Å². The number of rotatable bonds is 4. The number of halogens is 1. The Morgan fingerprint density at radius 1 is 1.20 bits per heavy atom. The van der Waals surface area contributed by atoms with Gasteiger partial charge in [0.25, 0.3) is 0 Å². The Bertz CT molecular complexity index is 684. The quantitative estimate of drug-likeness (QED) is 0.723. The van der Waals surface area contributed by atoms with Crippen LogP contribution in [0, 0.1) is 18.7 Å². The number of benzene rings is 1. The number of hydrogen-bond donors (Lipinski definition) is 3. The van der Waals surface area contributed by atoms with Crippen LogP contribution in [0.15, 0.2) is 12.1 Å². The fraction of sp³-hybridized carbons (Fsp3) is 0.471. The molecule has 0 aromatic heterocycles. The molecule has 3 N–H and O–H groups in total. The zero-order valence-corrected chi connectivity index (χ0v) is 14.1. The fourth-order valence-electron chi connectivity index (χ4n) is 3.00. The molecule has 1 aliphatic carbocycles. The van der Waals surface area contributed by atoms with Crippen LogP contribution in [0.2, 0.25) is 0 Å². The average Bonchev–Trinajstić information content (AvgIpc) is 2.57. The third-order valence-corrected chi connectivity index (χ3v) is 4.46. The lowest BCUT2D eigenvalue weighted by Gasteiger charge is -2.27. The van der Waals surface area contributed by atoms with Crippen LogP contribution in [-0.2, 0) is 9.53 Å². The lowest BCUT2D eigenvalue weighted by Crippen LogP contribution is -2.41. The Balaban J connectivity index is 2.00. The number of hydrogen-bond acceptors (Lipinski definition) is 4. The third-order valence-electron chi connectivity index (χ3n) is 4.46. The monoisotopic (exact) mass is 352 g/mol. The van der Waals surface area contributed by atoms with Gasteiger partial charge in [-0.15, -0.1) is 0 Å². The number of carboxylic acid groups (broad SMARTS) is 1. The highest BCUT2D eigenvalue weighted by molar-refractivity contribution is 5.96. The van der Waals surface area contributed by atoms with Crippen molar-refractivity contribution >= 4 is 23.7 Å². The summed E-state index contributed by atoms with van der Waals surface area (Å²) in [6, 6.07) is 1.87. The second-order valence-electron chi connectivity index (χ2n) is 6.07. The molecule has 0 saturated heterocycles. The van der Waals surface area contributed by atoms with Gasteiger partial charge in [0, 0.05) is 11.7 Å². The first kappa shape index (κ1) is 18.7. The maximum absolute atomic E-state index is 13.8. The molecule has 2 rings (SSSR count). The summed E-state index contributed by atoms with van der Waals surface area (Å²) in [4.78, 5) is 34.7. The molecule has 1 aromatic rings. The molecule has 136 valence electrons. The van der Waals surface area contributed by atoms with Gasteiger partial charge in [0.1, 0.15) is 11.4 Å². The van der Waals surface area contributed by atoms with Crippen LogP contribution in [0.25, 0.3) is 0 Å². The number of esters is 1. The molecule has 1 fully saturated rings. The van der Waals surface area contributed by atoms with Crippen LogP contribution in [0.5, 0.6) is 0 Å². The number of carbonyl (C=O) groups excluding carboxylic acids is 2. The minimum atomic E-state index is -0.814. The molecule has 0 aliphatic heterocycles. The zero-order valence-electron chi connectivity index (χ0n) is 14.1. The first-order chi connectivity index (χ1) is 11.8. The van der Waals surface area contributed by atoms with E-state index in [9.17, 15) is 18.8 Å². The molecule has 8 heteroatoms. The van der Waals surface area contributed by atoms with Gasteiger partial charge in [0.05, 0.1) is 13.0 Å². The number of carboxylic acids is 1. The number of methoxy groups -OCH3 is 1. The van der Waals surface area contributed by atoms with E-state index in [1.54, 1.807) is 0 Å². The summed E-state index contributed by atoms with van der Waals surface area (Å²) < 4.78 is 18.4. The van der Waals surface area contributed by atoms with Gasteiger partial charge in [-0.1, -0.05) is 0 Å². The molecule has 0 spiro atoms. The predicted molar refractivity (Wildman–Crippen MR) is 88.0 cm³/mol. The first-order valence-corrected chi connectivity index (χ1v) is 8.01. The van der Waals surface area contributed by atoms with Crippen molar-refractivity contribution in [2.45, 2.75) is 38.6 Å². The maximum Gasteiger partial charge on any atom is 0.341 e. The smallest absolute Gasteiger partial charge is 0.341 e. The molecule has 2 amide bonds. The summed E-state index contributed by atoms with van der Waals surface area (Å²) in [6.07, 6.45) is 2.20. The molecular weight excluding hydrogens is 331 g/mol. The van der Waals surface area contributed by atoms with Crippen LogP contribution < -0.4 is 10.6 Å². The number of ether oxygens (including phenoxy) is 1. The van der Waals surface area contributed by atoms with Gasteiger partial charge in [-0.2, -0.15) is 0 Å². The van der Waals surface area contributed by atoms with E-state index >= 15 is 0 Å². The van der Waals surface area contributed by atoms with Crippen molar-refractivity contribution in [3.05, 3.63) is 29.1 Å². The van der Waals surface area contributed by atoms with Gasteiger partial charge >= 0.3 is 18.0 Å². The number of anilines is 1. The third kappa shape index (κ3) is 4.46. The van der Waals surface area contributed by atoms with Gasteiger partial charge in [0.2, 0.25) is 0 Å². The van der Waals surface area contributed by atoms with Crippen molar-refractivity contribution in [2.75, 3.05) is 12.4 Å². The standard InChI is InChI=1S/C17H21FN2O5/c1-9-13(8-7-12(18)14(9)16(23)25-2)20-17(24)19-11-5-3-10(4-6-11)15(21)22/h7-8,10-11H,3-6H2,1-2H3,(H,21,22)(H2,19,20,24). The van der Waals surface area contributed by atoms with Gasteiger partial charge in [-0.05, 0) is 50.3 Å². The van der Waals surface area contributed by atoms with Gasteiger partial charge < -0.3 is 20.5 Å². The summed E-state index contributed by atoms with van der Waals surface area (Å²) in [5.74, 6) is -2.70. The summed E-state index contributed by atoms with van der Waals surface area (Å²) in [7, 11) is 1.15. The van der Waals surface area contributed by atoms with E-state index < -0.39 is 23.8 Å². The van der Waals surface area contributed by atoms with Crippen molar-refractivity contribution in [1.29, 1.82) is 0 Å². The molecule has 0 unspecified atom stereocenters. The summed E-state index contributed by atoms with van der Waals surface area (Å²) >= 11 is 0. The number of urea groups is 1. The molecular formula is C17H21FN2O5. The van der Waals surface area contributed by atoms with E-state index in [0.29, 0.717) is 31.4 Å².